The number of hydrogen-bond acceptors (Lipinski definition) is 9. The quantitative estimate of drug-likeness (QED) is 0.726. The standard InChI is InChI=1S/C15H19N7OS/c1-8(11-7-24-9(2)17-11)16-12-13(18-10-5-3-4-6-10)20-15-14(19-12)21-23-22-15/h7-8,10H,3-6H2,1-2H3,(H,16,19,21)(H,18,20,22)/t8-/m0/s1. The van der Waals surface area contributed by atoms with Crippen LogP contribution in [0.25, 0.3) is 11.3 Å². The molecule has 0 aliphatic heterocycles. The third-order valence-electron chi connectivity index (χ3n) is 4.24. The van der Waals surface area contributed by atoms with Gasteiger partial charge in [0, 0.05) is 11.4 Å². The first kappa shape index (κ1) is 15.3. The van der Waals surface area contributed by atoms with Crippen molar-refractivity contribution in [2.24, 2.45) is 0 Å². The van der Waals surface area contributed by atoms with Gasteiger partial charge in [-0.1, -0.05) is 12.8 Å². The van der Waals surface area contributed by atoms with Crippen LogP contribution < -0.4 is 10.6 Å². The van der Waals surface area contributed by atoms with Gasteiger partial charge in [0.25, 0.3) is 0 Å². The summed E-state index contributed by atoms with van der Waals surface area (Å²) in [6.45, 7) is 4.06. The molecule has 24 heavy (non-hydrogen) atoms. The van der Waals surface area contributed by atoms with Crippen LogP contribution in [-0.2, 0) is 0 Å². The molecule has 1 atom stereocenters. The molecule has 0 aromatic carbocycles. The fourth-order valence-electron chi connectivity index (χ4n) is 2.96. The summed E-state index contributed by atoms with van der Waals surface area (Å²) in [7, 11) is 0. The fraction of sp³-hybridized carbons (Fsp3) is 0.533. The second-order valence-electron chi connectivity index (χ2n) is 6.12. The van der Waals surface area contributed by atoms with Gasteiger partial charge in [-0.05, 0) is 37.0 Å². The molecule has 4 rings (SSSR count). The van der Waals surface area contributed by atoms with Crippen molar-refractivity contribution in [2.75, 3.05) is 10.6 Å². The Bertz CT molecular complexity index is 839. The SMILES string of the molecule is Cc1nc([C@H](C)Nc2nc3nonc3nc2NC2CCCC2)cs1. The van der Waals surface area contributed by atoms with E-state index in [2.05, 4.69) is 48.2 Å². The van der Waals surface area contributed by atoms with Crippen molar-refractivity contribution in [1.82, 2.24) is 25.3 Å². The van der Waals surface area contributed by atoms with Gasteiger partial charge in [0.05, 0.1) is 16.7 Å². The lowest BCUT2D eigenvalue weighted by atomic mass is 10.2. The van der Waals surface area contributed by atoms with Crippen LogP contribution in [0.4, 0.5) is 11.6 Å². The predicted octanol–water partition coefficient (Wildman–Crippen LogP) is 3.31. The van der Waals surface area contributed by atoms with Crippen molar-refractivity contribution >= 4 is 34.3 Å². The van der Waals surface area contributed by atoms with Crippen LogP contribution >= 0.6 is 11.3 Å². The molecule has 2 N–H and O–H groups in total. The van der Waals surface area contributed by atoms with E-state index in [4.69, 9.17) is 4.63 Å². The zero-order valence-corrected chi connectivity index (χ0v) is 14.4. The summed E-state index contributed by atoms with van der Waals surface area (Å²) in [5.74, 6) is 1.35. The van der Waals surface area contributed by atoms with Crippen molar-refractivity contribution in [3.63, 3.8) is 0 Å². The highest BCUT2D eigenvalue weighted by molar-refractivity contribution is 7.09. The van der Waals surface area contributed by atoms with Gasteiger partial charge in [-0.15, -0.1) is 11.3 Å². The second kappa shape index (κ2) is 6.31. The van der Waals surface area contributed by atoms with Gasteiger partial charge in [-0.3, -0.25) is 0 Å². The third kappa shape index (κ3) is 3.03. The molecular formula is C15H19N7OS. The van der Waals surface area contributed by atoms with E-state index in [-0.39, 0.29) is 6.04 Å². The lowest BCUT2D eigenvalue weighted by Crippen LogP contribution is -2.19. The van der Waals surface area contributed by atoms with Gasteiger partial charge in [0.15, 0.2) is 11.6 Å². The molecule has 0 bridgehead atoms. The average Bonchev–Trinajstić information content (AvgIpc) is 3.29. The number of nitrogens with zero attached hydrogens (tertiary/aromatic N) is 5. The first-order valence-electron chi connectivity index (χ1n) is 8.14. The summed E-state index contributed by atoms with van der Waals surface area (Å²) in [4.78, 5) is 13.6. The van der Waals surface area contributed by atoms with Gasteiger partial charge in [-0.2, -0.15) is 0 Å². The number of aryl methyl sites for hydroxylation is 1. The highest BCUT2D eigenvalue weighted by atomic mass is 32.1. The Labute approximate surface area is 143 Å². The smallest absolute Gasteiger partial charge is 0.245 e. The molecule has 3 aromatic heterocycles. The number of anilines is 2. The molecule has 126 valence electrons. The van der Waals surface area contributed by atoms with Crippen LogP contribution in [0.15, 0.2) is 10.0 Å². The molecule has 1 fully saturated rings. The summed E-state index contributed by atoms with van der Waals surface area (Å²) in [5.41, 5.74) is 1.80. The summed E-state index contributed by atoms with van der Waals surface area (Å²) < 4.78 is 4.75. The van der Waals surface area contributed by atoms with E-state index in [0.29, 0.717) is 29.0 Å². The molecule has 1 aliphatic carbocycles. The van der Waals surface area contributed by atoms with E-state index in [0.717, 1.165) is 23.5 Å². The van der Waals surface area contributed by atoms with Crippen LogP contribution in [0.1, 0.15) is 49.4 Å². The number of thiazole rings is 1. The number of rotatable bonds is 5. The van der Waals surface area contributed by atoms with E-state index >= 15 is 0 Å². The van der Waals surface area contributed by atoms with Gasteiger partial charge in [0.1, 0.15) is 0 Å². The molecule has 3 heterocycles. The lowest BCUT2D eigenvalue weighted by molar-refractivity contribution is 0.314. The largest absolute Gasteiger partial charge is 0.364 e. The lowest BCUT2D eigenvalue weighted by Gasteiger charge is -2.18. The molecule has 0 unspecified atom stereocenters. The van der Waals surface area contributed by atoms with Crippen LogP contribution in [-0.4, -0.2) is 31.3 Å². The zero-order chi connectivity index (χ0) is 16.5. The van der Waals surface area contributed by atoms with E-state index in [1.165, 1.54) is 12.8 Å². The first-order chi connectivity index (χ1) is 11.7. The fourth-order valence-corrected chi connectivity index (χ4v) is 3.67. The number of nitrogens with one attached hydrogen (secondary N) is 2. The Hall–Kier alpha value is -2.29. The van der Waals surface area contributed by atoms with Crippen molar-refractivity contribution in [1.29, 1.82) is 0 Å². The second-order valence-corrected chi connectivity index (χ2v) is 7.18. The summed E-state index contributed by atoms with van der Waals surface area (Å²) in [5, 5.41) is 17.6. The van der Waals surface area contributed by atoms with E-state index in [1.807, 2.05) is 6.92 Å². The van der Waals surface area contributed by atoms with Crippen LogP contribution in [0, 0.1) is 6.92 Å². The molecule has 3 aromatic rings. The minimum atomic E-state index is 0.0192. The Morgan fingerprint density at radius 3 is 2.50 bits per heavy atom. The summed E-state index contributed by atoms with van der Waals surface area (Å²) in [6.07, 6.45) is 4.79. The van der Waals surface area contributed by atoms with Crippen molar-refractivity contribution in [2.45, 2.75) is 51.6 Å². The van der Waals surface area contributed by atoms with Gasteiger partial charge < -0.3 is 10.6 Å². The monoisotopic (exact) mass is 345 g/mol. The minimum Gasteiger partial charge on any atom is -0.364 e. The van der Waals surface area contributed by atoms with Crippen LogP contribution in [0.3, 0.4) is 0 Å². The highest BCUT2D eigenvalue weighted by Crippen LogP contribution is 2.28. The normalized spacial score (nSPS) is 16.6. The predicted molar refractivity (Wildman–Crippen MR) is 92.2 cm³/mol. The zero-order valence-electron chi connectivity index (χ0n) is 13.6. The summed E-state index contributed by atoms with van der Waals surface area (Å²) in [6, 6.07) is 0.444. The van der Waals surface area contributed by atoms with Gasteiger partial charge in [0.2, 0.25) is 11.3 Å². The average molecular weight is 345 g/mol. The molecule has 0 saturated heterocycles. The Kier molecular flexibility index (Phi) is 4.01. The molecule has 8 nitrogen and oxygen atoms in total. The first-order valence-corrected chi connectivity index (χ1v) is 9.02. The number of hydrogen-bond donors (Lipinski definition) is 2. The van der Waals surface area contributed by atoms with Crippen molar-refractivity contribution in [3.8, 4) is 0 Å². The molecule has 0 radical (unpaired) electrons. The van der Waals surface area contributed by atoms with E-state index < -0.39 is 0 Å². The van der Waals surface area contributed by atoms with Crippen molar-refractivity contribution < 1.29 is 4.63 Å². The Balaban J connectivity index is 1.63. The Morgan fingerprint density at radius 1 is 1.12 bits per heavy atom. The topological polar surface area (TPSA) is 102 Å². The van der Waals surface area contributed by atoms with Crippen molar-refractivity contribution in [3.05, 3.63) is 16.1 Å². The van der Waals surface area contributed by atoms with Crippen LogP contribution in [0.5, 0.6) is 0 Å². The van der Waals surface area contributed by atoms with Gasteiger partial charge >= 0.3 is 0 Å². The summed E-state index contributed by atoms with van der Waals surface area (Å²) >= 11 is 1.64. The maximum absolute atomic E-state index is 4.75. The molecule has 9 heteroatoms. The van der Waals surface area contributed by atoms with E-state index in [1.54, 1.807) is 11.3 Å². The maximum Gasteiger partial charge on any atom is 0.245 e. The van der Waals surface area contributed by atoms with Gasteiger partial charge in [-0.25, -0.2) is 19.6 Å². The molecular weight excluding hydrogens is 326 g/mol. The van der Waals surface area contributed by atoms with E-state index in [9.17, 15) is 0 Å². The molecule has 0 spiro atoms. The maximum atomic E-state index is 4.75. The number of aromatic nitrogens is 5. The third-order valence-corrected chi connectivity index (χ3v) is 5.04. The highest BCUT2D eigenvalue weighted by Gasteiger charge is 2.21. The van der Waals surface area contributed by atoms with Crippen LogP contribution in [0.2, 0.25) is 0 Å². The number of fused-ring (bicyclic) bond motifs is 1. The molecule has 0 amide bonds. The molecule has 1 saturated carbocycles. The molecule has 1 aliphatic rings. The Morgan fingerprint density at radius 2 is 1.83 bits per heavy atom. The minimum absolute atomic E-state index is 0.0192.